The maximum absolute atomic E-state index is 11.3. The molecule has 1 heterocycles. The number of rotatable bonds is 7. The molecule has 0 aliphatic rings. The number of carbonyl (C=O) groups is 1. The van der Waals surface area contributed by atoms with Gasteiger partial charge in [-0.25, -0.2) is 4.68 Å². The molecule has 7 heteroatoms. The van der Waals surface area contributed by atoms with Crippen LogP contribution in [0.15, 0.2) is 6.20 Å². The average molecular weight is 228 g/mol. The van der Waals surface area contributed by atoms with Crippen molar-refractivity contribution in [1.82, 2.24) is 15.0 Å². The van der Waals surface area contributed by atoms with Crippen LogP contribution in [0.4, 0.5) is 0 Å². The van der Waals surface area contributed by atoms with E-state index in [4.69, 9.17) is 15.2 Å². The molecule has 0 fully saturated rings. The predicted octanol–water partition coefficient (Wildman–Crippen LogP) is -0.683. The molecule has 16 heavy (non-hydrogen) atoms. The Morgan fingerprint density at radius 3 is 3.00 bits per heavy atom. The van der Waals surface area contributed by atoms with Crippen molar-refractivity contribution < 1.29 is 14.3 Å². The number of esters is 1. The third-order valence-corrected chi connectivity index (χ3v) is 1.84. The first-order chi connectivity index (χ1) is 7.76. The maximum Gasteiger partial charge on any atom is 0.327 e. The van der Waals surface area contributed by atoms with Gasteiger partial charge in [0.15, 0.2) is 0 Å². The van der Waals surface area contributed by atoms with Crippen LogP contribution in [0.2, 0.25) is 0 Å². The van der Waals surface area contributed by atoms with Crippen LogP contribution in [0.25, 0.3) is 0 Å². The van der Waals surface area contributed by atoms with Gasteiger partial charge < -0.3 is 15.2 Å². The molecule has 0 bridgehead atoms. The quantitative estimate of drug-likeness (QED) is 0.491. The summed E-state index contributed by atoms with van der Waals surface area (Å²) < 4.78 is 11.2. The molecule has 1 aromatic heterocycles. The van der Waals surface area contributed by atoms with E-state index in [0.717, 1.165) is 0 Å². The van der Waals surface area contributed by atoms with E-state index < -0.39 is 0 Å². The van der Waals surface area contributed by atoms with Crippen LogP contribution < -0.4 is 5.73 Å². The summed E-state index contributed by atoms with van der Waals surface area (Å²) >= 11 is 0. The summed E-state index contributed by atoms with van der Waals surface area (Å²) in [5.41, 5.74) is 6.01. The van der Waals surface area contributed by atoms with Gasteiger partial charge in [0.2, 0.25) is 0 Å². The first-order valence-corrected chi connectivity index (χ1v) is 5.00. The second-order valence-corrected chi connectivity index (χ2v) is 3.18. The van der Waals surface area contributed by atoms with E-state index in [1.54, 1.807) is 13.3 Å². The lowest BCUT2D eigenvalue weighted by Gasteiger charge is -2.03. The van der Waals surface area contributed by atoms with Crippen LogP contribution in [0.5, 0.6) is 0 Å². The van der Waals surface area contributed by atoms with E-state index in [1.165, 1.54) is 4.68 Å². The zero-order chi connectivity index (χ0) is 11.8. The fourth-order valence-electron chi connectivity index (χ4n) is 1.08. The summed E-state index contributed by atoms with van der Waals surface area (Å²) in [7, 11) is 1.60. The number of hydrogen-bond donors (Lipinski definition) is 1. The SMILES string of the molecule is COCCCOC(=O)Cn1cc(CN)nn1. The van der Waals surface area contributed by atoms with Gasteiger partial charge in [0.25, 0.3) is 0 Å². The third-order valence-electron chi connectivity index (χ3n) is 1.84. The van der Waals surface area contributed by atoms with Crippen LogP contribution in [-0.2, 0) is 27.4 Å². The van der Waals surface area contributed by atoms with Gasteiger partial charge in [-0.3, -0.25) is 4.79 Å². The minimum atomic E-state index is -0.343. The van der Waals surface area contributed by atoms with Crippen LogP contribution in [-0.4, -0.2) is 41.3 Å². The minimum absolute atomic E-state index is 0.0555. The number of aromatic nitrogens is 3. The van der Waals surface area contributed by atoms with Gasteiger partial charge in [0.1, 0.15) is 6.54 Å². The summed E-state index contributed by atoms with van der Waals surface area (Å²) in [5.74, 6) is -0.343. The summed E-state index contributed by atoms with van der Waals surface area (Å²) in [4.78, 5) is 11.3. The molecule has 2 N–H and O–H groups in total. The highest BCUT2D eigenvalue weighted by molar-refractivity contribution is 5.68. The van der Waals surface area contributed by atoms with Crippen molar-refractivity contribution in [3.05, 3.63) is 11.9 Å². The molecular formula is C9H16N4O3. The number of hydrogen-bond acceptors (Lipinski definition) is 6. The van der Waals surface area contributed by atoms with E-state index in [0.29, 0.717) is 31.9 Å². The smallest absolute Gasteiger partial charge is 0.327 e. The maximum atomic E-state index is 11.3. The monoisotopic (exact) mass is 228 g/mol. The Morgan fingerprint density at radius 2 is 2.38 bits per heavy atom. The van der Waals surface area contributed by atoms with Crippen molar-refractivity contribution >= 4 is 5.97 Å². The molecule has 0 spiro atoms. The van der Waals surface area contributed by atoms with Crippen molar-refractivity contribution in [2.75, 3.05) is 20.3 Å². The fourth-order valence-corrected chi connectivity index (χ4v) is 1.08. The lowest BCUT2D eigenvalue weighted by molar-refractivity contribution is -0.144. The molecule has 7 nitrogen and oxygen atoms in total. The second kappa shape index (κ2) is 6.91. The molecule has 0 aliphatic heterocycles. The third kappa shape index (κ3) is 4.37. The molecule has 0 aliphatic carbocycles. The lowest BCUT2D eigenvalue weighted by atomic mass is 10.5. The van der Waals surface area contributed by atoms with Crippen LogP contribution in [0.3, 0.4) is 0 Å². The molecule has 0 aromatic carbocycles. The Hall–Kier alpha value is -1.47. The normalized spacial score (nSPS) is 10.4. The minimum Gasteiger partial charge on any atom is -0.464 e. The first kappa shape index (κ1) is 12.6. The summed E-state index contributed by atoms with van der Waals surface area (Å²) in [6.45, 7) is 1.29. The second-order valence-electron chi connectivity index (χ2n) is 3.18. The van der Waals surface area contributed by atoms with Crippen LogP contribution >= 0.6 is 0 Å². The average Bonchev–Trinajstić information content (AvgIpc) is 2.72. The Labute approximate surface area is 93.5 Å². The molecule has 0 saturated heterocycles. The molecule has 1 aromatic rings. The summed E-state index contributed by atoms with van der Waals surface area (Å²) in [5, 5.41) is 7.49. The number of nitrogens with zero attached hydrogens (tertiary/aromatic N) is 3. The van der Waals surface area contributed by atoms with E-state index in [1.807, 2.05) is 0 Å². The van der Waals surface area contributed by atoms with Gasteiger partial charge in [0.05, 0.1) is 18.5 Å². The standard InChI is InChI=1S/C9H16N4O3/c1-15-3-2-4-16-9(14)7-13-6-8(5-10)11-12-13/h6H,2-5,7,10H2,1H3. The Kier molecular flexibility index (Phi) is 5.44. The lowest BCUT2D eigenvalue weighted by Crippen LogP contribution is -2.15. The molecule has 0 saturated carbocycles. The van der Waals surface area contributed by atoms with Gasteiger partial charge in [-0.15, -0.1) is 5.10 Å². The molecule has 0 unspecified atom stereocenters. The van der Waals surface area contributed by atoms with Crippen molar-refractivity contribution in [3.8, 4) is 0 Å². The Bertz CT molecular complexity index is 326. The molecule has 0 atom stereocenters. The van der Waals surface area contributed by atoms with Crippen molar-refractivity contribution in [2.45, 2.75) is 19.5 Å². The number of carbonyl (C=O) groups excluding carboxylic acids is 1. The van der Waals surface area contributed by atoms with Crippen LogP contribution in [0.1, 0.15) is 12.1 Å². The van der Waals surface area contributed by atoms with Gasteiger partial charge in [0, 0.05) is 26.7 Å². The van der Waals surface area contributed by atoms with Crippen molar-refractivity contribution in [1.29, 1.82) is 0 Å². The highest BCUT2D eigenvalue weighted by Gasteiger charge is 2.06. The van der Waals surface area contributed by atoms with Gasteiger partial charge in [-0.2, -0.15) is 0 Å². The Morgan fingerprint density at radius 1 is 1.56 bits per heavy atom. The highest BCUT2D eigenvalue weighted by Crippen LogP contribution is 1.93. The van der Waals surface area contributed by atoms with E-state index in [2.05, 4.69) is 10.3 Å². The first-order valence-electron chi connectivity index (χ1n) is 5.00. The Balaban J connectivity index is 2.23. The summed E-state index contributed by atoms with van der Waals surface area (Å²) in [6.07, 6.45) is 2.31. The van der Waals surface area contributed by atoms with E-state index in [-0.39, 0.29) is 12.5 Å². The molecular weight excluding hydrogens is 212 g/mol. The highest BCUT2D eigenvalue weighted by atomic mass is 16.5. The fraction of sp³-hybridized carbons (Fsp3) is 0.667. The largest absolute Gasteiger partial charge is 0.464 e. The van der Waals surface area contributed by atoms with E-state index in [9.17, 15) is 4.79 Å². The van der Waals surface area contributed by atoms with Gasteiger partial charge >= 0.3 is 5.97 Å². The van der Waals surface area contributed by atoms with Crippen molar-refractivity contribution in [3.63, 3.8) is 0 Å². The number of ether oxygens (including phenoxy) is 2. The predicted molar refractivity (Wildman–Crippen MR) is 55.4 cm³/mol. The molecule has 0 amide bonds. The van der Waals surface area contributed by atoms with Crippen LogP contribution in [0, 0.1) is 0 Å². The summed E-state index contributed by atoms with van der Waals surface area (Å²) in [6, 6.07) is 0. The van der Waals surface area contributed by atoms with Crippen molar-refractivity contribution in [2.24, 2.45) is 5.73 Å². The van der Waals surface area contributed by atoms with E-state index >= 15 is 0 Å². The zero-order valence-electron chi connectivity index (χ0n) is 9.26. The zero-order valence-corrected chi connectivity index (χ0v) is 9.26. The van der Waals surface area contributed by atoms with Gasteiger partial charge in [-0.05, 0) is 0 Å². The number of methoxy groups -OCH3 is 1. The topological polar surface area (TPSA) is 92.3 Å². The molecule has 90 valence electrons. The molecule has 0 radical (unpaired) electrons. The van der Waals surface area contributed by atoms with Gasteiger partial charge in [-0.1, -0.05) is 5.21 Å². The number of nitrogens with two attached hydrogens (primary N) is 1. The molecule has 1 rings (SSSR count).